The number of Topliss-reactive ketones (excluding diaryl/α,β-unsaturated/α-hetero) is 1. The van der Waals surface area contributed by atoms with Crippen molar-refractivity contribution in [2.45, 2.75) is 24.1 Å². The second-order valence-corrected chi connectivity index (χ2v) is 8.32. The quantitative estimate of drug-likeness (QED) is 0.486. The third-order valence-electron chi connectivity index (χ3n) is 5.08. The van der Waals surface area contributed by atoms with Crippen LogP contribution in [0.15, 0.2) is 59.3 Å². The van der Waals surface area contributed by atoms with Gasteiger partial charge in [0.2, 0.25) is 10.7 Å². The zero-order chi connectivity index (χ0) is 18.9. The van der Waals surface area contributed by atoms with Crippen LogP contribution in [0.5, 0.6) is 0 Å². The van der Waals surface area contributed by atoms with E-state index in [2.05, 4.69) is 0 Å². The first-order valence-electron chi connectivity index (χ1n) is 8.04. The molecule has 26 heavy (non-hydrogen) atoms. The van der Waals surface area contributed by atoms with Crippen molar-refractivity contribution >= 4 is 52.2 Å². The van der Waals surface area contributed by atoms with Crippen molar-refractivity contribution in [3.05, 3.63) is 75.4 Å². The molecular weight excluding hydrogens is 393 g/mol. The van der Waals surface area contributed by atoms with Gasteiger partial charge in [0.25, 0.3) is 5.91 Å². The molecule has 0 bridgehead atoms. The topological polar surface area (TPSA) is 37.4 Å². The molecule has 0 saturated heterocycles. The fraction of sp³-hybridized carbons (Fsp3) is 0.200. The smallest absolute Gasteiger partial charge is 0.265 e. The number of hydrogen-bond donors (Lipinski definition) is 0. The van der Waals surface area contributed by atoms with Crippen molar-refractivity contribution < 1.29 is 9.59 Å². The van der Waals surface area contributed by atoms with Crippen LogP contribution < -0.4 is 4.90 Å². The van der Waals surface area contributed by atoms with Crippen molar-refractivity contribution in [3.8, 4) is 0 Å². The summed E-state index contributed by atoms with van der Waals surface area (Å²) >= 11 is 19.3. The summed E-state index contributed by atoms with van der Waals surface area (Å²) in [7, 11) is 0. The molecule has 1 atom stereocenters. The van der Waals surface area contributed by atoms with E-state index in [9.17, 15) is 9.59 Å². The lowest BCUT2D eigenvalue weighted by atomic mass is 9.80. The Hall–Kier alpha value is -1.81. The van der Waals surface area contributed by atoms with Gasteiger partial charge in [-0.15, -0.1) is 0 Å². The van der Waals surface area contributed by atoms with Crippen LogP contribution in [0, 0.1) is 0 Å². The van der Waals surface area contributed by atoms with Crippen molar-refractivity contribution in [3.63, 3.8) is 0 Å². The van der Waals surface area contributed by atoms with E-state index in [1.807, 2.05) is 13.8 Å². The normalized spacial score (nSPS) is 24.0. The molecule has 0 N–H and O–H groups in total. The zero-order valence-corrected chi connectivity index (χ0v) is 16.3. The van der Waals surface area contributed by atoms with Gasteiger partial charge in [-0.3, -0.25) is 14.5 Å². The lowest BCUT2D eigenvalue weighted by Crippen LogP contribution is -2.53. The van der Waals surface area contributed by atoms with E-state index in [-0.39, 0.29) is 5.03 Å². The molecule has 0 aliphatic carbocycles. The Morgan fingerprint density at radius 2 is 1.62 bits per heavy atom. The summed E-state index contributed by atoms with van der Waals surface area (Å²) in [5.74, 6) is -1.13. The Bertz CT molecular complexity index is 997. The van der Waals surface area contributed by atoms with Crippen molar-refractivity contribution in [1.82, 2.24) is 0 Å². The number of carbonyl (C=O) groups is 2. The summed E-state index contributed by atoms with van der Waals surface area (Å²) in [5.41, 5.74) is 1.66. The Kier molecular flexibility index (Phi) is 3.78. The van der Waals surface area contributed by atoms with E-state index >= 15 is 0 Å². The average molecular weight is 407 g/mol. The molecule has 6 heteroatoms. The van der Waals surface area contributed by atoms with Gasteiger partial charge >= 0.3 is 0 Å². The average Bonchev–Trinajstić information content (AvgIpc) is 2.86. The highest BCUT2D eigenvalue weighted by molar-refractivity contribution is 6.59. The molecule has 2 aliphatic rings. The van der Waals surface area contributed by atoms with Crippen LogP contribution in [0.4, 0.5) is 5.69 Å². The van der Waals surface area contributed by atoms with Gasteiger partial charge in [0.1, 0.15) is 5.03 Å². The monoisotopic (exact) mass is 405 g/mol. The third kappa shape index (κ3) is 2.08. The van der Waals surface area contributed by atoms with Gasteiger partial charge in [0, 0.05) is 10.4 Å². The van der Waals surface area contributed by atoms with Gasteiger partial charge in [-0.25, -0.2) is 0 Å². The minimum atomic E-state index is -1.89. The number of hydrogen-bond acceptors (Lipinski definition) is 2. The van der Waals surface area contributed by atoms with Gasteiger partial charge < -0.3 is 0 Å². The van der Waals surface area contributed by atoms with Crippen LogP contribution in [-0.4, -0.2) is 11.7 Å². The van der Waals surface area contributed by atoms with Crippen LogP contribution in [-0.2, 0) is 19.9 Å². The van der Waals surface area contributed by atoms with E-state index in [4.69, 9.17) is 34.8 Å². The number of fused-ring (bicyclic) bond motifs is 3. The van der Waals surface area contributed by atoms with Crippen LogP contribution in [0.3, 0.4) is 0 Å². The van der Waals surface area contributed by atoms with Crippen LogP contribution in [0.1, 0.15) is 25.0 Å². The SMILES string of the molecule is CC1(C)C2=C(Cl)C(=O)C(Cl)(c3ccccc3)C(=O)N2c2ccc(Cl)cc21. The summed E-state index contributed by atoms with van der Waals surface area (Å²) in [4.78, 5) is 26.2. The summed E-state index contributed by atoms with van der Waals surface area (Å²) in [6.07, 6.45) is 0. The highest BCUT2D eigenvalue weighted by Gasteiger charge is 2.59. The first-order valence-corrected chi connectivity index (χ1v) is 9.18. The van der Waals surface area contributed by atoms with Crippen LogP contribution >= 0.6 is 34.8 Å². The Balaban J connectivity index is 2.03. The van der Waals surface area contributed by atoms with Gasteiger partial charge in [-0.05, 0) is 29.3 Å². The van der Waals surface area contributed by atoms with E-state index in [0.717, 1.165) is 5.56 Å². The molecule has 3 nitrogen and oxygen atoms in total. The molecule has 2 aromatic rings. The molecule has 0 spiro atoms. The van der Waals surface area contributed by atoms with Crippen molar-refractivity contribution in [2.24, 2.45) is 0 Å². The minimum absolute atomic E-state index is 0.0271. The largest absolute Gasteiger partial charge is 0.290 e. The Morgan fingerprint density at radius 1 is 0.962 bits per heavy atom. The van der Waals surface area contributed by atoms with E-state index in [1.165, 1.54) is 4.90 Å². The van der Waals surface area contributed by atoms with Gasteiger partial charge in [0.05, 0.1) is 11.4 Å². The number of amides is 1. The number of ketones is 1. The van der Waals surface area contributed by atoms with Crippen molar-refractivity contribution in [1.29, 1.82) is 0 Å². The second kappa shape index (κ2) is 5.59. The molecule has 1 unspecified atom stereocenters. The molecule has 2 heterocycles. The number of benzene rings is 2. The van der Waals surface area contributed by atoms with Gasteiger partial charge in [0.15, 0.2) is 0 Å². The molecule has 0 saturated carbocycles. The van der Waals surface area contributed by atoms with Gasteiger partial charge in [-0.1, -0.05) is 79.0 Å². The Labute approximate surface area is 166 Å². The first-order chi connectivity index (χ1) is 12.2. The standard InChI is InChI=1S/C20H14Cl3NO2/c1-19(2)13-10-12(21)8-9-14(13)24-16(19)15(22)17(25)20(23,18(24)26)11-6-4-3-5-7-11/h3-10H,1-2H3. The lowest BCUT2D eigenvalue weighted by Gasteiger charge is -2.37. The van der Waals surface area contributed by atoms with E-state index in [0.29, 0.717) is 22.0 Å². The fourth-order valence-electron chi connectivity index (χ4n) is 3.75. The highest BCUT2D eigenvalue weighted by atomic mass is 35.5. The van der Waals surface area contributed by atoms with Crippen molar-refractivity contribution in [2.75, 3.05) is 4.90 Å². The summed E-state index contributed by atoms with van der Waals surface area (Å²) in [5, 5.41) is 0.521. The second-order valence-electron chi connectivity index (χ2n) is 6.94. The molecule has 1 amide bonds. The summed E-state index contributed by atoms with van der Waals surface area (Å²) in [6, 6.07) is 13.8. The molecule has 0 radical (unpaired) electrons. The summed E-state index contributed by atoms with van der Waals surface area (Å²) in [6.45, 7) is 3.81. The maximum Gasteiger partial charge on any atom is 0.265 e. The van der Waals surface area contributed by atoms with Crippen LogP contribution in [0.2, 0.25) is 5.02 Å². The lowest BCUT2D eigenvalue weighted by molar-refractivity contribution is -0.129. The molecule has 0 fully saturated rings. The maximum atomic E-state index is 13.5. The third-order valence-corrected chi connectivity index (χ3v) is 6.22. The number of nitrogens with zero attached hydrogens (tertiary/aromatic N) is 1. The number of anilines is 1. The fourth-order valence-corrected chi connectivity index (χ4v) is 4.74. The number of alkyl halides is 1. The minimum Gasteiger partial charge on any atom is -0.290 e. The maximum absolute atomic E-state index is 13.5. The molecule has 4 rings (SSSR count). The highest BCUT2D eigenvalue weighted by Crippen LogP contribution is 2.55. The number of rotatable bonds is 1. The Morgan fingerprint density at radius 3 is 2.27 bits per heavy atom. The predicted molar refractivity (Wildman–Crippen MR) is 104 cm³/mol. The number of carbonyl (C=O) groups excluding carboxylic acids is 2. The molecular formula is C20H14Cl3NO2. The first kappa shape index (κ1) is 17.6. The zero-order valence-electron chi connectivity index (χ0n) is 14.0. The number of halogens is 3. The van der Waals surface area contributed by atoms with Crippen LogP contribution in [0.25, 0.3) is 0 Å². The van der Waals surface area contributed by atoms with E-state index in [1.54, 1.807) is 48.5 Å². The molecule has 2 aromatic carbocycles. The predicted octanol–water partition coefficient (Wildman–Crippen LogP) is 5.13. The number of allylic oxidation sites excluding steroid dienone is 2. The molecule has 0 aromatic heterocycles. The van der Waals surface area contributed by atoms with Gasteiger partial charge in [-0.2, -0.15) is 0 Å². The summed E-state index contributed by atoms with van der Waals surface area (Å²) < 4.78 is 0. The molecule has 132 valence electrons. The van der Waals surface area contributed by atoms with E-state index < -0.39 is 22.0 Å². The molecule has 2 aliphatic heterocycles.